The van der Waals surface area contributed by atoms with Crippen molar-refractivity contribution >= 4 is 12.3 Å². The van der Waals surface area contributed by atoms with E-state index in [0.29, 0.717) is 18.4 Å². The third-order valence-electron chi connectivity index (χ3n) is 3.01. The van der Waals surface area contributed by atoms with E-state index in [-0.39, 0.29) is 6.03 Å². The highest BCUT2D eigenvalue weighted by Crippen LogP contribution is 2.25. The highest BCUT2D eigenvalue weighted by atomic mass is 16.2. The summed E-state index contributed by atoms with van der Waals surface area (Å²) in [4.78, 5) is 23.3. The topological polar surface area (TPSA) is 49.4 Å². The molecule has 0 atom stereocenters. The molecule has 4 nitrogen and oxygen atoms in total. The number of hydrogen-bond donors (Lipinski definition) is 1. The van der Waals surface area contributed by atoms with E-state index in [1.54, 1.807) is 19.0 Å². The number of hydrogen-bond acceptors (Lipinski definition) is 2. The molecule has 0 aromatic rings. The molecule has 15 heavy (non-hydrogen) atoms. The molecule has 0 radical (unpaired) electrons. The summed E-state index contributed by atoms with van der Waals surface area (Å²) in [5, 5.41) is 2.98. The van der Waals surface area contributed by atoms with Crippen molar-refractivity contribution < 1.29 is 9.59 Å². The maximum Gasteiger partial charge on any atom is 0.317 e. The molecule has 1 aliphatic rings. The van der Waals surface area contributed by atoms with Crippen molar-refractivity contribution in [2.45, 2.75) is 38.1 Å². The minimum atomic E-state index is -0.0196. The van der Waals surface area contributed by atoms with Crippen LogP contribution in [0.1, 0.15) is 32.1 Å². The lowest BCUT2D eigenvalue weighted by atomic mass is 9.84. The van der Waals surface area contributed by atoms with E-state index >= 15 is 0 Å². The summed E-state index contributed by atoms with van der Waals surface area (Å²) in [6.45, 7) is 0. The van der Waals surface area contributed by atoms with Gasteiger partial charge in [-0.1, -0.05) is 0 Å². The quantitative estimate of drug-likeness (QED) is 0.719. The van der Waals surface area contributed by atoms with Crippen LogP contribution in [0.15, 0.2) is 0 Å². The molecule has 0 saturated heterocycles. The minimum absolute atomic E-state index is 0.0196. The van der Waals surface area contributed by atoms with Crippen LogP contribution in [0.5, 0.6) is 0 Å². The maximum atomic E-state index is 11.4. The van der Waals surface area contributed by atoms with Crippen LogP contribution < -0.4 is 5.32 Å². The standard InChI is InChI=1S/C11H20N2O2/c1-13(2)11(15)12-10-5-3-9(4-6-10)7-8-14/h8-10H,3-7H2,1-2H3,(H,12,15). The summed E-state index contributed by atoms with van der Waals surface area (Å²) in [5.74, 6) is 0.537. The molecule has 0 spiro atoms. The minimum Gasteiger partial charge on any atom is -0.335 e. The lowest BCUT2D eigenvalue weighted by Crippen LogP contribution is -2.43. The Labute approximate surface area is 91.0 Å². The Bertz CT molecular complexity index is 221. The number of nitrogens with zero attached hydrogens (tertiary/aromatic N) is 1. The maximum absolute atomic E-state index is 11.4. The van der Waals surface area contributed by atoms with Gasteiger partial charge in [-0.25, -0.2) is 4.79 Å². The molecule has 0 bridgehead atoms. The summed E-state index contributed by atoms with van der Waals surface area (Å²) in [5.41, 5.74) is 0. The van der Waals surface area contributed by atoms with Crippen LogP contribution in [0, 0.1) is 5.92 Å². The zero-order valence-electron chi connectivity index (χ0n) is 9.53. The Hall–Kier alpha value is -1.06. The van der Waals surface area contributed by atoms with Crippen molar-refractivity contribution in [1.29, 1.82) is 0 Å². The van der Waals surface area contributed by atoms with Gasteiger partial charge in [0.15, 0.2) is 0 Å². The number of nitrogens with one attached hydrogen (secondary N) is 1. The molecule has 1 rings (SSSR count). The lowest BCUT2D eigenvalue weighted by Gasteiger charge is -2.29. The second-order valence-corrected chi connectivity index (χ2v) is 4.46. The van der Waals surface area contributed by atoms with Crippen LogP contribution in [0.3, 0.4) is 0 Å². The SMILES string of the molecule is CN(C)C(=O)NC1CCC(CC=O)CC1. The summed E-state index contributed by atoms with van der Waals surface area (Å²) in [6.07, 6.45) is 5.78. The Balaban J connectivity index is 2.25. The van der Waals surface area contributed by atoms with Gasteiger partial charge >= 0.3 is 6.03 Å². The first-order valence-electron chi connectivity index (χ1n) is 5.55. The fourth-order valence-corrected chi connectivity index (χ4v) is 1.98. The van der Waals surface area contributed by atoms with E-state index in [1.807, 2.05) is 0 Å². The predicted octanol–water partition coefficient (Wildman–Crippen LogP) is 1.41. The van der Waals surface area contributed by atoms with Gasteiger partial charge < -0.3 is 15.0 Å². The first-order chi connectivity index (χ1) is 7.13. The molecule has 0 heterocycles. The van der Waals surface area contributed by atoms with Crippen molar-refractivity contribution in [3.8, 4) is 0 Å². The van der Waals surface area contributed by atoms with E-state index in [1.165, 1.54) is 0 Å². The van der Waals surface area contributed by atoms with Gasteiger partial charge in [0.05, 0.1) is 0 Å². The third-order valence-corrected chi connectivity index (χ3v) is 3.01. The highest BCUT2D eigenvalue weighted by molar-refractivity contribution is 5.73. The molecule has 86 valence electrons. The number of aldehydes is 1. The largest absolute Gasteiger partial charge is 0.335 e. The monoisotopic (exact) mass is 212 g/mol. The van der Waals surface area contributed by atoms with E-state index < -0.39 is 0 Å². The van der Waals surface area contributed by atoms with Gasteiger partial charge in [-0.2, -0.15) is 0 Å². The molecule has 0 aromatic heterocycles. The number of urea groups is 1. The van der Waals surface area contributed by atoms with Crippen molar-refractivity contribution in [3.05, 3.63) is 0 Å². The van der Waals surface area contributed by atoms with E-state index in [0.717, 1.165) is 32.0 Å². The van der Waals surface area contributed by atoms with Crippen LogP contribution in [-0.4, -0.2) is 37.4 Å². The normalized spacial score (nSPS) is 25.7. The average molecular weight is 212 g/mol. The lowest BCUT2D eigenvalue weighted by molar-refractivity contribution is -0.108. The van der Waals surface area contributed by atoms with Crippen LogP contribution >= 0.6 is 0 Å². The molecule has 1 aliphatic carbocycles. The molecule has 1 fully saturated rings. The Morgan fingerprint density at radius 2 is 1.93 bits per heavy atom. The van der Waals surface area contributed by atoms with E-state index in [4.69, 9.17) is 0 Å². The number of amides is 2. The Kier molecular flexibility index (Phi) is 4.59. The van der Waals surface area contributed by atoms with Gasteiger partial charge in [-0.05, 0) is 31.6 Å². The second-order valence-electron chi connectivity index (χ2n) is 4.46. The summed E-state index contributed by atoms with van der Waals surface area (Å²) in [6, 6.07) is 0.275. The van der Waals surface area contributed by atoms with Gasteiger partial charge in [0.1, 0.15) is 6.29 Å². The smallest absolute Gasteiger partial charge is 0.317 e. The second kappa shape index (κ2) is 5.73. The molecule has 1 N–H and O–H groups in total. The zero-order valence-corrected chi connectivity index (χ0v) is 9.53. The first-order valence-corrected chi connectivity index (χ1v) is 5.55. The van der Waals surface area contributed by atoms with Crippen LogP contribution in [0.25, 0.3) is 0 Å². The molecule has 2 amide bonds. The zero-order chi connectivity index (χ0) is 11.3. The molecule has 0 unspecified atom stereocenters. The van der Waals surface area contributed by atoms with Gasteiger partial charge in [0, 0.05) is 26.6 Å². The average Bonchev–Trinajstić information content (AvgIpc) is 2.21. The van der Waals surface area contributed by atoms with Crippen LogP contribution in [-0.2, 0) is 4.79 Å². The highest BCUT2D eigenvalue weighted by Gasteiger charge is 2.22. The van der Waals surface area contributed by atoms with Crippen molar-refractivity contribution in [2.24, 2.45) is 5.92 Å². The molecular formula is C11H20N2O2. The molecule has 0 aromatic carbocycles. The predicted molar refractivity (Wildman–Crippen MR) is 58.6 cm³/mol. The summed E-state index contributed by atoms with van der Waals surface area (Å²) >= 11 is 0. The Morgan fingerprint density at radius 3 is 2.40 bits per heavy atom. The summed E-state index contributed by atoms with van der Waals surface area (Å²) in [7, 11) is 3.49. The fraction of sp³-hybridized carbons (Fsp3) is 0.818. The number of carbonyl (C=O) groups excluding carboxylic acids is 2. The van der Waals surface area contributed by atoms with Crippen LogP contribution in [0.4, 0.5) is 4.79 Å². The third kappa shape index (κ3) is 3.90. The Morgan fingerprint density at radius 1 is 1.33 bits per heavy atom. The molecule has 0 aliphatic heterocycles. The van der Waals surface area contributed by atoms with Crippen LogP contribution in [0.2, 0.25) is 0 Å². The van der Waals surface area contributed by atoms with Gasteiger partial charge in [-0.15, -0.1) is 0 Å². The number of rotatable bonds is 3. The summed E-state index contributed by atoms with van der Waals surface area (Å²) < 4.78 is 0. The molecule has 1 saturated carbocycles. The van der Waals surface area contributed by atoms with Gasteiger partial charge in [0.2, 0.25) is 0 Å². The fourth-order valence-electron chi connectivity index (χ4n) is 1.98. The first kappa shape index (κ1) is 12.0. The molecular weight excluding hydrogens is 192 g/mol. The number of carbonyl (C=O) groups is 2. The molecule has 4 heteroatoms. The van der Waals surface area contributed by atoms with Crippen molar-refractivity contribution in [3.63, 3.8) is 0 Å². The van der Waals surface area contributed by atoms with Crippen molar-refractivity contribution in [2.75, 3.05) is 14.1 Å². The van der Waals surface area contributed by atoms with E-state index in [2.05, 4.69) is 5.32 Å². The van der Waals surface area contributed by atoms with Gasteiger partial charge in [-0.3, -0.25) is 0 Å². The van der Waals surface area contributed by atoms with Gasteiger partial charge in [0.25, 0.3) is 0 Å². The van der Waals surface area contributed by atoms with E-state index in [9.17, 15) is 9.59 Å². The van der Waals surface area contributed by atoms with Crippen molar-refractivity contribution in [1.82, 2.24) is 10.2 Å².